The third-order valence-electron chi connectivity index (χ3n) is 5.92. The zero-order valence-electron chi connectivity index (χ0n) is 17.8. The number of urea groups is 1. The standard InChI is InChI=1S/C25H21F2N3O2S/c1-16-5-10-22-21(13-16)25(23(31)29(22)15-17-6-8-18(26)9-7-17)30(11-12-33-25)24(32)28-20-4-2-3-19(27)14-20/h2-10,13-14H,11-12,15H2,1H3,(H,28,32)/t25-/m1/s1. The van der Waals surface area contributed by atoms with E-state index in [1.54, 1.807) is 23.1 Å². The van der Waals surface area contributed by atoms with Crippen LogP contribution >= 0.6 is 11.8 Å². The van der Waals surface area contributed by atoms with Crippen LogP contribution in [0.15, 0.2) is 66.7 Å². The van der Waals surface area contributed by atoms with Gasteiger partial charge in [0.15, 0.2) is 4.87 Å². The van der Waals surface area contributed by atoms with Crippen molar-refractivity contribution in [2.45, 2.75) is 18.3 Å². The molecule has 1 atom stereocenters. The summed E-state index contributed by atoms with van der Waals surface area (Å²) in [6.45, 7) is 2.57. The minimum atomic E-state index is -1.21. The summed E-state index contributed by atoms with van der Waals surface area (Å²) in [5.41, 5.74) is 3.57. The van der Waals surface area contributed by atoms with Crippen molar-refractivity contribution in [2.24, 2.45) is 0 Å². The molecule has 5 rings (SSSR count). The molecule has 2 aliphatic rings. The Labute approximate surface area is 194 Å². The van der Waals surface area contributed by atoms with Gasteiger partial charge in [0.2, 0.25) is 0 Å². The van der Waals surface area contributed by atoms with E-state index in [2.05, 4.69) is 5.32 Å². The summed E-state index contributed by atoms with van der Waals surface area (Å²) in [5.74, 6) is -0.434. The topological polar surface area (TPSA) is 52.7 Å². The molecule has 5 nitrogen and oxygen atoms in total. The second kappa shape index (κ2) is 8.19. The Bertz CT molecular complexity index is 1250. The minimum Gasteiger partial charge on any atom is -0.308 e. The normalized spacial score (nSPS) is 19.3. The number of aryl methyl sites for hydroxylation is 1. The predicted octanol–water partition coefficient (Wildman–Crippen LogP) is 5.25. The highest BCUT2D eigenvalue weighted by Crippen LogP contribution is 2.54. The first-order chi connectivity index (χ1) is 15.9. The van der Waals surface area contributed by atoms with Crippen molar-refractivity contribution in [3.8, 4) is 0 Å². The van der Waals surface area contributed by atoms with E-state index in [4.69, 9.17) is 0 Å². The lowest BCUT2D eigenvalue weighted by Crippen LogP contribution is -2.51. The van der Waals surface area contributed by atoms with Crippen LogP contribution in [0.2, 0.25) is 0 Å². The molecule has 1 N–H and O–H groups in total. The van der Waals surface area contributed by atoms with Gasteiger partial charge in [-0.25, -0.2) is 13.6 Å². The number of hydrogen-bond donors (Lipinski definition) is 1. The lowest BCUT2D eigenvalue weighted by atomic mass is 10.0. The summed E-state index contributed by atoms with van der Waals surface area (Å²) in [4.78, 5) is 29.2. The Kier molecular flexibility index (Phi) is 5.32. The monoisotopic (exact) mass is 465 g/mol. The van der Waals surface area contributed by atoms with Crippen LogP contribution in [0.3, 0.4) is 0 Å². The molecule has 3 aromatic rings. The van der Waals surface area contributed by atoms with E-state index in [1.165, 1.54) is 47.0 Å². The van der Waals surface area contributed by atoms with Crippen molar-refractivity contribution in [1.29, 1.82) is 0 Å². The van der Waals surface area contributed by atoms with Gasteiger partial charge < -0.3 is 10.2 Å². The summed E-state index contributed by atoms with van der Waals surface area (Å²) in [5, 5.41) is 2.73. The van der Waals surface area contributed by atoms with E-state index in [1.807, 2.05) is 25.1 Å². The molecule has 0 unspecified atom stereocenters. The van der Waals surface area contributed by atoms with Crippen LogP contribution in [0.5, 0.6) is 0 Å². The van der Waals surface area contributed by atoms with Gasteiger partial charge in [-0.3, -0.25) is 9.69 Å². The van der Waals surface area contributed by atoms with Crippen LogP contribution in [-0.4, -0.2) is 29.1 Å². The molecule has 2 heterocycles. The number of halogens is 2. The average Bonchev–Trinajstić information content (AvgIpc) is 3.32. The zero-order chi connectivity index (χ0) is 23.2. The second-order valence-corrected chi connectivity index (χ2v) is 9.41. The molecule has 0 aliphatic carbocycles. The maximum atomic E-state index is 13.9. The van der Waals surface area contributed by atoms with Gasteiger partial charge in [-0.05, 0) is 48.9 Å². The Hall–Kier alpha value is -3.39. The van der Waals surface area contributed by atoms with Crippen LogP contribution in [0.4, 0.5) is 25.0 Å². The smallest absolute Gasteiger partial charge is 0.308 e. The number of nitrogens with one attached hydrogen (secondary N) is 1. The predicted molar refractivity (Wildman–Crippen MR) is 125 cm³/mol. The molecular weight excluding hydrogens is 444 g/mol. The molecule has 3 aromatic carbocycles. The van der Waals surface area contributed by atoms with Crippen LogP contribution in [0.25, 0.3) is 0 Å². The lowest BCUT2D eigenvalue weighted by Gasteiger charge is -2.33. The molecule has 0 bridgehead atoms. The maximum Gasteiger partial charge on any atom is 0.323 e. The number of amides is 3. The van der Waals surface area contributed by atoms with E-state index >= 15 is 0 Å². The number of carbonyl (C=O) groups excluding carboxylic acids is 2. The second-order valence-electron chi connectivity index (χ2n) is 8.12. The third-order valence-corrected chi connectivity index (χ3v) is 7.34. The van der Waals surface area contributed by atoms with Gasteiger partial charge in [-0.2, -0.15) is 0 Å². The number of carbonyl (C=O) groups is 2. The molecule has 2 aliphatic heterocycles. The molecule has 3 amide bonds. The Morgan fingerprint density at radius 3 is 2.61 bits per heavy atom. The quantitative estimate of drug-likeness (QED) is 0.575. The number of nitrogens with zero attached hydrogens (tertiary/aromatic N) is 2. The van der Waals surface area contributed by atoms with Crippen LogP contribution < -0.4 is 10.2 Å². The van der Waals surface area contributed by atoms with Crippen LogP contribution in [-0.2, 0) is 16.2 Å². The highest BCUT2D eigenvalue weighted by Gasteiger charge is 2.59. The summed E-state index contributed by atoms with van der Waals surface area (Å²) in [7, 11) is 0. The van der Waals surface area contributed by atoms with E-state index in [0.717, 1.165) is 22.4 Å². The summed E-state index contributed by atoms with van der Waals surface area (Å²) in [6, 6.07) is 17.0. The summed E-state index contributed by atoms with van der Waals surface area (Å²) in [6.07, 6.45) is 0. The van der Waals surface area contributed by atoms with Crippen molar-refractivity contribution in [3.63, 3.8) is 0 Å². The molecule has 1 saturated heterocycles. The van der Waals surface area contributed by atoms with Crippen molar-refractivity contribution in [2.75, 3.05) is 22.5 Å². The van der Waals surface area contributed by atoms with Gasteiger partial charge in [-0.1, -0.05) is 35.9 Å². The number of hydrogen-bond acceptors (Lipinski definition) is 3. The molecule has 1 fully saturated rings. The highest BCUT2D eigenvalue weighted by atomic mass is 32.2. The van der Waals surface area contributed by atoms with E-state index in [-0.39, 0.29) is 18.3 Å². The molecule has 0 aromatic heterocycles. The molecule has 8 heteroatoms. The van der Waals surface area contributed by atoms with Gasteiger partial charge in [-0.15, -0.1) is 11.8 Å². The van der Waals surface area contributed by atoms with Crippen LogP contribution in [0, 0.1) is 18.6 Å². The molecule has 1 spiro atoms. The van der Waals surface area contributed by atoms with Crippen molar-refractivity contribution in [3.05, 3.63) is 95.1 Å². The Morgan fingerprint density at radius 1 is 1.06 bits per heavy atom. The maximum absolute atomic E-state index is 13.9. The average molecular weight is 466 g/mol. The zero-order valence-corrected chi connectivity index (χ0v) is 18.7. The first-order valence-electron chi connectivity index (χ1n) is 10.5. The molecule has 33 heavy (non-hydrogen) atoms. The van der Waals surface area contributed by atoms with Crippen molar-refractivity contribution in [1.82, 2.24) is 4.90 Å². The summed E-state index contributed by atoms with van der Waals surface area (Å²) < 4.78 is 27.0. The number of thioether (sulfide) groups is 1. The fourth-order valence-electron chi connectivity index (χ4n) is 4.42. The fraction of sp³-hybridized carbons (Fsp3) is 0.200. The largest absolute Gasteiger partial charge is 0.323 e. The first-order valence-corrected chi connectivity index (χ1v) is 11.5. The van der Waals surface area contributed by atoms with Gasteiger partial charge >= 0.3 is 6.03 Å². The molecule has 0 radical (unpaired) electrons. The Balaban J connectivity index is 1.53. The van der Waals surface area contributed by atoms with Gasteiger partial charge in [0.1, 0.15) is 11.6 Å². The SMILES string of the molecule is Cc1ccc2c(c1)[C@@]1(SCCN1C(=O)Nc1cccc(F)c1)C(=O)N2Cc1ccc(F)cc1. The third kappa shape index (κ3) is 3.64. The number of anilines is 2. The molecule has 168 valence electrons. The highest BCUT2D eigenvalue weighted by molar-refractivity contribution is 8.01. The number of rotatable bonds is 3. The van der Waals surface area contributed by atoms with E-state index in [0.29, 0.717) is 18.0 Å². The minimum absolute atomic E-state index is 0.218. The number of benzene rings is 3. The fourth-order valence-corrected chi connectivity index (χ4v) is 5.87. The van der Waals surface area contributed by atoms with E-state index in [9.17, 15) is 18.4 Å². The number of fused-ring (bicyclic) bond motifs is 2. The Morgan fingerprint density at radius 2 is 1.85 bits per heavy atom. The van der Waals surface area contributed by atoms with Crippen molar-refractivity contribution < 1.29 is 18.4 Å². The lowest BCUT2D eigenvalue weighted by molar-refractivity contribution is -0.123. The van der Waals surface area contributed by atoms with Crippen molar-refractivity contribution >= 4 is 35.1 Å². The van der Waals surface area contributed by atoms with Crippen LogP contribution in [0.1, 0.15) is 16.7 Å². The summed E-state index contributed by atoms with van der Waals surface area (Å²) >= 11 is 1.42. The van der Waals surface area contributed by atoms with Gasteiger partial charge in [0.25, 0.3) is 5.91 Å². The first kappa shape index (κ1) is 21.5. The molecule has 0 saturated carbocycles. The van der Waals surface area contributed by atoms with E-state index < -0.39 is 16.7 Å². The van der Waals surface area contributed by atoms with Gasteiger partial charge in [0.05, 0.1) is 12.2 Å². The van der Waals surface area contributed by atoms with Gasteiger partial charge in [0, 0.05) is 23.5 Å². The molecular formula is C25H21F2N3O2S.